The second kappa shape index (κ2) is 5.83. The van der Waals surface area contributed by atoms with Crippen LogP contribution in [0.25, 0.3) is 6.08 Å². The van der Waals surface area contributed by atoms with Gasteiger partial charge in [0.25, 0.3) is 5.91 Å². The average molecular weight is 272 g/mol. The van der Waals surface area contributed by atoms with E-state index >= 15 is 0 Å². The maximum absolute atomic E-state index is 11.9. The van der Waals surface area contributed by atoms with Crippen molar-refractivity contribution in [2.75, 3.05) is 5.32 Å². The first-order valence-electron chi connectivity index (χ1n) is 5.80. The third-order valence-electron chi connectivity index (χ3n) is 2.52. The largest absolute Gasteiger partial charge is 0.478 e. The molecule has 102 valence electrons. The van der Waals surface area contributed by atoms with Gasteiger partial charge in [-0.05, 0) is 30.7 Å². The SMILES string of the molecule is Cc1cnoc1C(=O)Nc1cccc(C=CC(=O)O)c1. The Bertz CT molecular complexity index is 673. The van der Waals surface area contributed by atoms with Crippen LogP contribution < -0.4 is 5.32 Å². The quantitative estimate of drug-likeness (QED) is 0.833. The molecule has 2 aromatic rings. The highest BCUT2D eigenvalue weighted by Gasteiger charge is 2.14. The van der Waals surface area contributed by atoms with Crippen LogP contribution in [0, 0.1) is 6.92 Å². The van der Waals surface area contributed by atoms with Crippen molar-refractivity contribution < 1.29 is 19.2 Å². The summed E-state index contributed by atoms with van der Waals surface area (Å²) in [6, 6.07) is 6.80. The third kappa shape index (κ3) is 3.32. The van der Waals surface area contributed by atoms with Crippen molar-refractivity contribution in [3.8, 4) is 0 Å². The summed E-state index contributed by atoms with van der Waals surface area (Å²) < 4.78 is 4.85. The van der Waals surface area contributed by atoms with Crippen LogP contribution in [0.15, 0.2) is 41.1 Å². The van der Waals surface area contributed by atoms with Crippen molar-refractivity contribution in [1.82, 2.24) is 5.16 Å². The number of amides is 1. The molecule has 0 aliphatic carbocycles. The Morgan fingerprint density at radius 2 is 2.20 bits per heavy atom. The minimum absolute atomic E-state index is 0.150. The third-order valence-corrected chi connectivity index (χ3v) is 2.52. The van der Waals surface area contributed by atoms with E-state index in [-0.39, 0.29) is 5.76 Å². The van der Waals surface area contributed by atoms with Gasteiger partial charge in [-0.3, -0.25) is 4.79 Å². The maximum atomic E-state index is 11.9. The van der Waals surface area contributed by atoms with Crippen LogP contribution in [0.2, 0.25) is 0 Å². The lowest BCUT2D eigenvalue weighted by Crippen LogP contribution is -2.12. The Morgan fingerprint density at radius 3 is 2.85 bits per heavy atom. The van der Waals surface area contributed by atoms with Crippen molar-refractivity contribution in [1.29, 1.82) is 0 Å². The molecule has 0 atom stereocenters. The number of carboxylic acids is 1. The molecule has 6 nitrogen and oxygen atoms in total. The van der Waals surface area contributed by atoms with Crippen molar-refractivity contribution in [3.05, 3.63) is 53.4 Å². The lowest BCUT2D eigenvalue weighted by molar-refractivity contribution is -0.131. The number of aryl methyl sites for hydroxylation is 1. The molecule has 2 N–H and O–H groups in total. The highest BCUT2D eigenvalue weighted by atomic mass is 16.5. The highest BCUT2D eigenvalue weighted by molar-refractivity contribution is 6.03. The standard InChI is InChI=1S/C14H12N2O4/c1-9-8-15-20-13(9)14(19)16-11-4-2-3-10(7-11)5-6-12(17)18/h2-8H,1H3,(H,16,19)(H,17,18). The molecule has 0 aliphatic heterocycles. The number of carbonyl (C=O) groups is 2. The van der Waals surface area contributed by atoms with Crippen LogP contribution in [-0.4, -0.2) is 22.1 Å². The Balaban J connectivity index is 2.14. The number of hydrogen-bond donors (Lipinski definition) is 2. The smallest absolute Gasteiger partial charge is 0.328 e. The molecule has 0 unspecified atom stereocenters. The summed E-state index contributed by atoms with van der Waals surface area (Å²) in [5.41, 5.74) is 1.85. The van der Waals surface area contributed by atoms with Crippen LogP contribution in [0.1, 0.15) is 21.7 Å². The number of rotatable bonds is 4. The summed E-state index contributed by atoms with van der Waals surface area (Å²) in [4.78, 5) is 22.4. The van der Waals surface area contributed by atoms with Gasteiger partial charge in [0, 0.05) is 17.3 Å². The van der Waals surface area contributed by atoms with E-state index in [1.807, 2.05) is 0 Å². The molecule has 20 heavy (non-hydrogen) atoms. The van der Waals surface area contributed by atoms with Gasteiger partial charge >= 0.3 is 5.97 Å². The summed E-state index contributed by atoms with van der Waals surface area (Å²) in [7, 11) is 0. The number of nitrogens with one attached hydrogen (secondary N) is 1. The van der Waals surface area contributed by atoms with Crippen LogP contribution in [-0.2, 0) is 4.79 Å². The zero-order valence-electron chi connectivity index (χ0n) is 10.7. The molecule has 1 aromatic heterocycles. The number of carbonyl (C=O) groups excluding carboxylic acids is 1. The van der Waals surface area contributed by atoms with Gasteiger partial charge in [0.05, 0.1) is 6.20 Å². The fraction of sp³-hybridized carbons (Fsp3) is 0.0714. The van der Waals surface area contributed by atoms with Crippen LogP contribution in [0.5, 0.6) is 0 Å². The molecule has 0 fully saturated rings. The number of anilines is 1. The van der Waals surface area contributed by atoms with E-state index in [4.69, 9.17) is 9.63 Å². The van der Waals surface area contributed by atoms with E-state index in [1.54, 1.807) is 31.2 Å². The number of nitrogens with zero attached hydrogens (tertiary/aromatic N) is 1. The van der Waals surface area contributed by atoms with Gasteiger partial charge in [-0.2, -0.15) is 0 Å². The number of benzene rings is 1. The first-order chi connectivity index (χ1) is 9.56. The van der Waals surface area contributed by atoms with Crippen molar-refractivity contribution in [2.24, 2.45) is 0 Å². The van der Waals surface area contributed by atoms with Gasteiger partial charge in [0.1, 0.15) is 0 Å². The minimum Gasteiger partial charge on any atom is -0.478 e. The number of aliphatic carboxylic acids is 1. The average Bonchev–Trinajstić information content (AvgIpc) is 2.83. The predicted octanol–water partition coefficient (Wildman–Crippen LogP) is 2.33. The summed E-state index contributed by atoms with van der Waals surface area (Å²) in [5, 5.41) is 14.8. The molecule has 0 saturated heterocycles. The molecular weight excluding hydrogens is 260 g/mol. The second-order valence-corrected chi connectivity index (χ2v) is 4.09. The topological polar surface area (TPSA) is 92.4 Å². The van der Waals surface area contributed by atoms with Crippen molar-refractivity contribution in [2.45, 2.75) is 6.92 Å². The molecule has 0 saturated carbocycles. The van der Waals surface area contributed by atoms with Gasteiger partial charge in [0.2, 0.25) is 5.76 Å². The first kappa shape index (κ1) is 13.5. The van der Waals surface area contributed by atoms with Gasteiger partial charge < -0.3 is 14.9 Å². The summed E-state index contributed by atoms with van der Waals surface area (Å²) in [5.74, 6) is -1.28. The molecule has 0 aliphatic rings. The van der Waals surface area contributed by atoms with E-state index in [0.717, 1.165) is 6.08 Å². The fourth-order valence-corrected chi connectivity index (χ4v) is 1.58. The van der Waals surface area contributed by atoms with Gasteiger partial charge in [-0.1, -0.05) is 17.3 Å². The summed E-state index contributed by atoms with van der Waals surface area (Å²) >= 11 is 0. The zero-order chi connectivity index (χ0) is 14.5. The number of hydrogen-bond acceptors (Lipinski definition) is 4. The molecule has 0 radical (unpaired) electrons. The predicted molar refractivity (Wildman–Crippen MR) is 72.3 cm³/mol. The Kier molecular flexibility index (Phi) is 3.95. The zero-order valence-corrected chi connectivity index (χ0v) is 10.7. The maximum Gasteiger partial charge on any atom is 0.328 e. The molecule has 0 bridgehead atoms. The van der Waals surface area contributed by atoms with E-state index in [2.05, 4.69) is 10.5 Å². The fourth-order valence-electron chi connectivity index (χ4n) is 1.58. The van der Waals surface area contributed by atoms with E-state index in [0.29, 0.717) is 16.8 Å². The number of aromatic nitrogens is 1. The van der Waals surface area contributed by atoms with Crippen LogP contribution >= 0.6 is 0 Å². The second-order valence-electron chi connectivity index (χ2n) is 4.09. The van der Waals surface area contributed by atoms with Crippen LogP contribution in [0.4, 0.5) is 5.69 Å². The lowest BCUT2D eigenvalue weighted by Gasteiger charge is -2.04. The van der Waals surface area contributed by atoms with E-state index in [1.165, 1.54) is 12.3 Å². The normalized spacial score (nSPS) is 10.7. The molecule has 1 aromatic carbocycles. The van der Waals surface area contributed by atoms with Gasteiger partial charge in [-0.25, -0.2) is 4.79 Å². The first-order valence-corrected chi connectivity index (χ1v) is 5.80. The minimum atomic E-state index is -1.03. The van der Waals surface area contributed by atoms with Crippen molar-refractivity contribution >= 4 is 23.6 Å². The molecule has 0 spiro atoms. The van der Waals surface area contributed by atoms with Gasteiger partial charge in [0.15, 0.2) is 0 Å². The lowest BCUT2D eigenvalue weighted by atomic mass is 10.2. The molecule has 2 rings (SSSR count). The molecule has 1 amide bonds. The molecular formula is C14H12N2O4. The Labute approximate surface area is 114 Å². The molecule has 1 heterocycles. The summed E-state index contributed by atoms with van der Waals surface area (Å²) in [6.45, 7) is 1.72. The number of carboxylic acid groups (broad SMARTS) is 1. The van der Waals surface area contributed by atoms with Crippen LogP contribution in [0.3, 0.4) is 0 Å². The van der Waals surface area contributed by atoms with E-state index in [9.17, 15) is 9.59 Å². The summed E-state index contributed by atoms with van der Waals surface area (Å²) in [6.07, 6.45) is 3.93. The van der Waals surface area contributed by atoms with Gasteiger partial charge in [-0.15, -0.1) is 0 Å². The molecule has 6 heteroatoms. The monoisotopic (exact) mass is 272 g/mol. The van der Waals surface area contributed by atoms with E-state index < -0.39 is 11.9 Å². The Hall–Kier alpha value is -2.89. The van der Waals surface area contributed by atoms with Crippen molar-refractivity contribution in [3.63, 3.8) is 0 Å². The highest BCUT2D eigenvalue weighted by Crippen LogP contribution is 2.14. The Morgan fingerprint density at radius 1 is 1.40 bits per heavy atom.